The van der Waals surface area contributed by atoms with Gasteiger partial charge in [-0.15, -0.1) is 11.3 Å². The van der Waals surface area contributed by atoms with Crippen LogP contribution in [0, 0.1) is 18.3 Å². The second-order valence-corrected chi connectivity index (χ2v) is 9.04. The van der Waals surface area contributed by atoms with Crippen molar-refractivity contribution in [3.8, 4) is 6.07 Å². The maximum atomic E-state index is 13.1. The molecule has 1 aliphatic rings. The number of aryl methyl sites for hydroxylation is 1. The first-order valence-corrected chi connectivity index (χ1v) is 11.2. The van der Waals surface area contributed by atoms with E-state index in [1.807, 2.05) is 54.8 Å². The van der Waals surface area contributed by atoms with Crippen LogP contribution in [0.1, 0.15) is 40.1 Å². The van der Waals surface area contributed by atoms with Gasteiger partial charge in [0, 0.05) is 4.88 Å². The number of rotatable bonds is 6. The molecule has 33 heavy (non-hydrogen) atoms. The second kappa shape index (κ2) is 8.88. The Hall–Kier alpha value is -3.96. The second-order valence-electron chi connectivity index (χ2n) is 8.06. The summed E-state index contributed by atoms with van der Waals surface area (Å²) in [5, 5.41) is 16.6. The highest BCUT2D eigenvalue weighted by atomic mass is 32.1. The van der Waals surface area contributed by atoms with Crippen LogP contribution in [-0.2, 0) is 15.1 Å². The number of amides is 4. The number of hydrogen-bond acceptors (Lipinski definition) is 5. The van der Waals surface area contributed by atoms with Gasteiger partial charge in [0.1, 0.15) is 12.1 Å². The van der Waals surface area contributed by atoms with Crippen molar-refractivity contribution in [1.82, 2.24) is 15.5 Å². The maximum Gasteiger partial charge on any atom is 0.325 e. The third-order valence-corrected chi connectivity index (χ3v) is 6.65. The van der Waals surface area contributed by atoms with Crippen molar-refractivity contribution in [2.75, 3.05) is 6.54 Å². The third-order valence-electron chi connectivity index (χ3n) is 5.71. The Kier molecular flexibility index (Phi) is 5.99. The highest BCUT2D eigenvalue weighted by molar-refractivity contribution is 7.10. The number of nitrogens with one attached hydrogen (secondary N) is 2. The van der Waals surface area contributed by atoms with Gasteiger partial charge in [0.2, 0.25) is 5.91 Å². The standard InChI is InChI=1S/C25H22N4O3S/c1-16-5-9-18(10-6-16)22(20-4-3-13-33-20)27-21(30)15-29-23(31)25(2,28-24(29)32)19-11-7-17(14-26)8-12-19/h3-13,22H,15H2,1-2H3,(H,27,30)(H,28,32)/t22-,25+/m1/s1. The van der Waals surface area contributed by atoms with E-state index in [2.05, 4.69) is 10.6 Å². The van der Waals surface area contributed by atoms with Crippen LogP contribution in [0.25, 0.3) is 0 Å². The van der Waals surface area contributed by atoms with E-state index in [-0.39, 0.29) is 6.04 Å². The van der Waals surface area contributed by atoms with Gasteiger partial charge in [-0.3, -0.25) is 14.5 Å². The molecule has 0 radical (unpaired) electrons. The Morgan fingerprint density at radius 2 is 1.85 bits per heavy atom. The molecule has 2 atom stereocenters. The minimum absolute atomic E-state index is 0.385. The summed E-state index contributed by atoms with van der Waals surface area (Å²) in [4.78, 5) is 40.6. The van der Waals surface area contributed by atoms with E-state index in [4.69, 9.17) is 5.26 Å². The van der Waals surface area contributed by atoms with Gasteiger partial charge in [0.05, 0.1) is 17.7 Å². The number of thiophene rings is 1. The van der Waals surface area contributed by atoms with Crippen molar-refractivity contribution in [3.05, 3.63) is 93.2 Å². The number of hydrogen-bond donors (Lipinski definition) is 2. The predicted octanol–water partition coefficient (Wildman–Crippen LogP) is 3.60. The van der Waals surface area contributed by atoms with Crippen LogP contribution in [0.3, 0.4) is 0 Å². The molecule has 2 heterocycles. The Bertz CT molecular complexity index is 1230. The molecule has 166 valence electrons. The zero-order valence-corrected chi connectivity index (χ0v) is 19.0. The summed E-state index contributed by atoms with van der Waals surface area (Å²) in [7, 11) is 0. The normalized spacial score (nSPS) is 18.5. The highest BCUT2D eigenvalue weighted by Crippen LogP contribution is 2.30. The van der Waals surface area contributed by atoms with Gasteiger partial charge in [0.25, 0.3) is 5.91 Å². The number of imide groups is 1. The summed E-state index contributed by atoms with van der Waals surface area (Å²) < 4.78 is 0. The average Bonchev–Trinajstić information content (AvgIpc) is 3.42. The summed E-state index contributed by atoms with van der Waals surface area (Å²) in [5.74, 6) is -0.961. The Morgan fingerprint density at radius 3 is 2.45 bits per heavy atom. The molecule has 0 spiro atoms. The van der Waals surface area contributed by atoms with Gasteiger partial charge in [-0.2, -0.15) is 5.26 Å². The van der Waals surface area contributed by atoms with E-state index in [1.54, 1.807) is 31.2 Å². The van der Waals surface area contributed by atoms with Gasteiger partial charge in [-0.1, -0.05) is 48.0 Å². The molecular formula is C25H22N4O3S. The van der Waals surface area contributed by atoms with Crippen molar-refractivity contribution < 1.29 is 14.4 Å². The van der Waals surface area contributed by atoms with Crippen LogP contribution in [0.5, 0.6) is 0 Å². The van der Waals surface area contributed by atoms with E-state index in [0.717, 1.165) is 20.9 Å². The van der Waals surface area contributed by atoms with Crippen LogP contribution >= 0.6 is 11.3 Å². The molecule has 7 nitrogen and oxygen atoms in total. The molecule has 1 aromatic heterocycles. The molecule has 3 aromatic rings. The molecule has 0 aliphatic carbocycles. The fraction of sp³-hybridized carbons (Fsp3) is 0.200. The number of urea groups is 1. The first-order chi connectivity index (χ1) is 15.8. The number of nitriles is 1. The monoisotopic (exact) mass is 458 g/mol. The largest absolute Gasteiger partial charge is 0.343 e. The Labute approximate surface area is 195 Å². The summed E-state index contributed by atoms with van der Waals surface area (Å²) in [6.07, 6.45) is 0. The Balaban J connectivity index is 1.52. The maximum absolute atomic E-state index is 13.1. The molecular weight excluding hydrogens is 436 g/mol. The Morgan fingerprint density at radius 1 is 1.15 bits per heavy atom. The number of nitrogens with zero attached hydrogens (tertiary/aromatic N) is 2. The first kappa shape index (κ1) is 22.2. The van der Waals surface area contributed by atoms with Gasteiger partial charge in [0.15, 0.2) is 0 Å². The quantitative estimate of drug-likeness (QED) is 0.551. The fourth-order valence-corrected chi connectivity index (χ4v) is 4.60. The topological polar surface area (TPSA) is 102 Å². The number of benzene rings is 2. The lowest BCUT2D eigenvalue weighted by molar-refractivity contribution is -0.135. The minimum atomic E-state index is -1.31. The van der Waals surface area contributed by atoms with E-state index >= 15 is 0 Å². The van der Waals surface area contributed by atoms with Crippen LogP contribution in [-0.4, -0.2) is 29.3 Å². The van der Waals surface area contributed by atoms with Crippen molar-refractivity contribution >= 4 is 29.2 Å². The molecule has 4 rings (SSSR count). The van der Waals surface area contributed by atoms with Crippen LogP contribution in [0.15, 0.2) is 66.0 Å². The SMILES string of the molecule is Cc1ccc([C@@H](NC(=O)CN2C(=O)N[C@@](C)(c3ccc(C#N)cc3)C2=O)c2cccs2)cc1. The van der Waals surface area contributed by atoms with Crippen molar-refractivity contribution in [1.29, 1.82) is 5.26 Å². The molecule has 8 heteroatoms. The lowest BCUT2D eigenvalue weighted by Gasteiger charge is -2.23. The molecule has 2 aromatic carbocycles. The summed E-state index contributed by atoms with van der Waals surface area (Å²) in [6, 6.07) is 19.1. The van der Waals surface area contributed by atoms with Crippen LogP contribution in [0.2, 0.25) is 0 Å². The van der Waals surface area contributed by atoms with Crippen molar-refractivity contribution in [2.45, 2.75) is 25.4 Å². The van der Waals surface area contributed by atoms with Gasteiger partial charge in [-0.25, -0.2) is 4.79 Å². The van der Waals surface area contributed by atoms with Crippen molar-refractivity contribution in [2.24, 2.45) is 0 Å². The van der Waals surface area contributed by atoms with E-state index in [0.29, 0.717) is 11.1 Å². The van der Waals surface area contributed by atoms with Crippen molar-refractivity contribution in [3.63, 3.8) is 0 Å². The fourth-order valence-electron chi connectivity index (χ4n) is 3.80. The molecule has 1 saturated heterocycles. The third kappa shape index (κ3) is 4.36. The predicted molar refractivity (Wildman–Crippen MR) is 124 cm³/mol. The number of carbonyl (C=O) groups is 3. The first-order valence-electron chi connectivity index (χ1n) is 10.4. The van der Waals surface area contributed by atoms with Gasteiger partial charge in [-0.05, 0) is 48.6 Å². The smallest absolute Gasteiger partial charge is 0.325 e. The molecule has 0 bridgehead atoms. The number of carbonyl (C=O) groups excluding carboxylic acids is 3. The molecule has 0 unspecified atom stereocenters. The van der Waals surface area contributed by atoms with Gasteiger partial charge < -0.3 is 10.6 Å². The zero-order chi connectivity index (χ0) is 23.6. The lowest BCUT2D eigenvalue weighted by atomic mass is 9.91. The van der Waals surface area contributed by atoms with Gasteiger partial charge >= 0.3 is 6.03 Å². The molecule has 4 amide bonds. The lowest BCUT2D eigenvalue weighted by Crippen LogP contribution is -2.44. The minimum Gasteiger partial charge on any atom is -0.343 e. The molecule has 1 fully saturated rings. The highest BCUT2D eigenvalue weighted by Gasteiger charge is 2.49. The van der Waals surface area contributed by atoms with E-state index < -0.39 is 29.9 Å². The molecule has 0 saturated carbocycles. The zero-order valence-electron chi connectivity index (χ0n) is 18.2. The molecule has 2 N–H and O–H groups in total. The summed E-state index contributed by atoms with van der Waals surface area (Å²) in [5.41, 5.74) is 1.70. The average molecular weight is 459 g/mol. The van der Waals surface area contributed by atoms with E-state index in [1.165, 1.54) is 11.3 Å². The van der Waals surface area contributed by atoms with Crippen LogP contribution in [0.4, 0.5) is 4.79 Å². The summed E-state index contributed by atoms with van der Waals surface area (Å²) in [6.45, 7) is 3.18. The van der Waals surface area contributed by atoms with E-state index in [9.17, 15) is 14.4 Å². The molecule has 1 aliphatic heterocycles. The van der Waals surface area contributed by atoms with Crippen LogP contribution < -0.4 is 10.6 Å². The summed E-state index contributed by atoms with van der Waals surface area (Å²) >= 11 is 1.52.